The molecule has 0 radical (unpaired) electrons. The van der Waals surface area contributed by atoms with Crippen LogP contribution in [0.25, 0.3) is 21.5 Å². The zero-order valence-corrected chi connectivity index (χ0v) is 17.7. The number of rotatable bonds is 6. The fourth-order valence-corrected chi connectivity index (χ4v) is 3.27. The fraction of sp³-hybridized carbons (Fsp3) is 0.333. The number of hydrogen-bond acceptors (Lipinski definition) is 6. The van der Waals surface area contributed by atoms with Gasteiger partial charge in [-0.05, 0) is 37.8 Å². The number of hydrogen-bond donors (Lipinski definition) is 0. The predicted molar refractivity (Wildman–Crippen MR) is 115 cm³/mol. The van der Waals surface area contributed by atoms with E-state index in [0.717, 1.165) is 11.1 Å². The third kappa shape index (κ3) is 4.32. The first-order valence-electron chi connectivity index (χ1n) is 10.1. The van der Waals surface area contributed by atoms with Gasteiger partial charge in [-0.1, -0.05) is 50.2 Å². The molecule has 158 valence electrons. The van der Waals surface area contributed by atoms with Crippen molar-refractivity contribution in [3.8, 4) is 11.5 Å². The topological polar surface area (TPSA) is 71.1 Å². The summed E-state index contributed by atoms with van der Waals surface area (Å²) < 4.78 is 21.6. The molecule has 0 aliphatic heterocycles. The summed E-state index contributed by atoms with van der Waals surface area (Å²) in [6.07, 6.45) is -0.138. The van der Waals surface area contributed by atoms with Gasteiger partial charge in [-0.3, -0.25) is 0 Å². The standard InChI is InChI=1S/C24H26O6/c1-5-13-27-23(25)29-21-17-9-7-8-10-18(17)22(30-24(26)28-14-6-2)20-16(4)15(3)11-12-19(20)21/h7-12H,5-6,13-14H2,1-4H3. The molecule has 0 N–H and O–H groups in total. The molecular weight excluding hydrogens is 384 g/mol. The van der Waals surface area contributed by atoms with E-state index in [0.29, 0.717) is 45.9 Å². The van der Waals surface area contributed by atoms with Gasteiger partial charge in [-0.25, -0.2) is 9.59 Å². The molecule has 3 aromatic rings. The molecule has 0 saturated heterocycles. The second-order valence-corrected chi connectivity index (χ2v) is 7.03. The summed E-state index contributed by atoms with van der Waals surface area (Å²) in [5.41, 5.74) is 1.94. The van der Waals surface area contributed by atoms with Crippen molar-refractivity contribution in [1.29, 1.82) is 0 Å². The number of carbonyl (C=O) groups excluding carboxylic acids is 2. The number of benzene rings is 3. The lowest BCUT2D eigenvalue weighted by atomic mass is 9.95. The van der Waals surface area contributed by atoms with Crippen LogP contribution in [0.4, 0.5) is 9.59 Å². The lowest BCUT2D eigenvalue weighted by Crippen LogP contribution is -2.13. The molecule has 3 aromatic carbocycles. The van der Waals surface area contributed by atoms with Crippen molar-refractivity contribution in [3.05, 3.63) is 47.5 Å². The molecule has 0 atom stereocenters. The van der Waals surface area contributed by atoms with Crippen molar-refractivity contribution in [1.82, 2.24) is 0 Å². The summed E-state index contributed by atoms with van der Waals surface area (Å²) in [5.74, 6) is 0.760. The van der Waals surface area contributed by atoms with Gasteiger partial charge in [-0.2, -0.15) is 0 Å². The summed E-state index contributed by atoms with van der Waals surface area (Å²) >= 11 is 0. The van der Waals surface area contributed by atoms with E-state index in [4.69, 9.17) is 18.9 Å². The Morgan fingerprint density at radius 2 is 1.27 bits per heavy atom. The van der Waals surface area contributed by atoms with Gasteiger partial charge in [0.15, 0.2) is 5.75 Å². The van der Waals surface area contributed by atoms with E-state index < -0.39 is 12.3 Å². The molecule has 0 bridgehead atoms. The Morgan fingerprint density at radius 3 is 1.83 bits per heavy atom. The lowest BCUT2D eigenvalue weighted by molar-refractivity contribution is 0.0984. The van der Waals surface area contributed by atoms with Gasteiger partial charge in [-0.15, -0.1) is 0 Å². The molecule has 6 heteroatoms. The zero-order valence-electron chi connectivity index (χ0n) is 17.7. The van der Waals surface area contributed by atoms with Crippen LogP contribution in [-0.2, 0) is 9.47 Å². The van der Waals surface area contributed by atoms with Crippen LogP contribution in [0.5, 0.6) is 11.5 Å². The van der Waals surface area contributed by atoms with Crippen LogP contribution in [-0.4, -0.2) is 25.5 Å². The van der Waals surface area contributed by atoms with Gasteiger partial charge < -0.3 is 18.9 Å². The molecule has 0 aromatic heterocycles. The lowest BCUT2D eigenvalue weighted by Gasteiger charge is -2.18. The molecule has 30 heavy (non-hydrogen) atoms. The number of carbonyl (C=O) groups is 2. The van der Waals surface area contributed by atoms with Gasteiger partial charge in [0.25, 0.3) is 0 Å². The molecule has 0 aliphatic rings. The van der Waals surface area contributed by atoms with E-state index in [2.05, 4.69) is 0 Å². The minimum Gasteiger partial charge on any atom is -0.434 e. The molecule has 0 fully saturated rings. The Balaban J connectivity index is 2.24. The quantitative estimate of drug-likeness (QED) is 0.264. The van der Waals surface area contributed by atoms with Gasteiger partial charge in [0, 0.05) is 21.5 Å². The van der Waals surface area contributed by atoms with E-state index in [9.17, 15) is 9.59 Å². The van der Waals surface area contributed by atoms with Crippen molar-refractivity contribution < 1.29 is 28.5 Å². The molecule has 0 spiro atoms. The smallest absolute Gasteiger partial charge is 0.434 e. The first kappa shape index (κ1) is 21.4. The molecule has 0 heterocycles. The summed E-state index contributed by atoms with van der Waals surface area (Å²) in [4.78, 5) is 24.5. The SMILES string of the molecule is CCCOC(=O)Oc1c2ccccc2c(OC(=O)OCCC)c2c(C)c(C)ccc12. The predicted octanol–water partition coefficient (Wildman–Crippen LogP) is 6.46. The highest BCUT2D eigenvalue weighted by Crippen LogP contribution is 2.45. The van der Waals surface area contributed by atoms with Crippen LogP contribution in [0, 0.1) is 13.8 Å². The average molecular weight is 410 g/mol. The van der Waals surface area contributed by atoms with Gasteiger partial charge in [0.1, 0.15) is 5.75 Å². The first-order valence-corrected chi connectivity index (χ1v) is 10.1. The van der Waals surface area contributed by atoms with Crippen LogP contribution in [0.15, 0.2) is 36.4 Å². The van der Waals surface area contributed by atoms with E-state index in [-0.39, 0.29) is 13.2 Å². The van der Waals surface area contributed by atoms with Crippen molar-refractivity contribution in [2.45, 2.75) is 40.5 Å². The summed E-state index contributed by atoms with van der Waals surface area (Å²) in [7, 11) is 0. The molecule has 0 amide bonds. The van der Waals surface area contributed by atoms with Crippen molar-refractivity contribution in [3.63, 3.8) is 0 Å². The maximum Gasteiger partial charge on any atom is 0.513 e. The molecule has 6 nitrogen and oxygen atoms in total. The van der Waals surface area contributed by atoms with Crippen molar-refractivity contribution in [2.75, 3.05) is 13.2 Å². The minimum atomic E-state index is -0.766. The summed E-state index contributed by atoms with van der Waals surface area (Å²) in [5, 5.41) is 2.63. The molecule has 0 saturated carbocycles. The van der Waals surface area contributed by atoms with Crippen molar-refractivity contribution in [2.24, 2.45) is 0 Å². The van der Waals surface area contributed by atoms with Crippen LogP contribution < -0.4 is 9.47 Å². The second kappa shape index (κ2) is 9.48. The largest absolute Gasteiger partial charge is 0.513 e. The Labute approximate surface area is 175 Å². The van der Waals surface area contributed by atoms with Crippen LogP contribution in [0.2, 0.25) is 0 Å². The van der Waals surface area contributed by atoms with E-state index in [1.165, 1.54) is 0 Å². The number of aryl methyl sites for hydroxylation is 2. The molecule has 0 unspecified atom stereocenters. The Hall–Kier alpha value is -3.28. The maximum absolute atomic E-state index is 12.3. The Bertz CT molecular complexity index is 1090. The highest BCUT2D eigenvalue weighted by atomic mass is 16.7. The Morgan fingerprint density at radius 1 is 0.733 bits per heavy atom. The molecular formula is C24H26O6. The minimum absolute atomic E-state index is 0.275. The van der Waals surface area contributed by atoms with E-state index >= 15 is 0 Å². The van der Waals surface area contributed by atoms with E-state index in [1.807, 2.05) is 64.1 Å². The first-order chi connectivity index (χ1) is 14.5. The van der Waals surface area contributed by atoms with Crippen LogP contribution in [0.3, 0.4) is 0 Å². The zero-order chi connectivity index (χ0) is 21.7. The fourth-order valence-electron chi connectivity index (χ4n) is 3.27. The second-order valence-electron chi connectivity index (χ2n) is 7.03. The number of ether oxygens (including phenoxy) is 4. The maximum atomic E-state index is 12.3. The molecule has 0 aliphatic carbocycles. The highest BCUT2D eigenvalue weighted by Gasteiger charge is 2.22. The molecule has 3 rings (SSSR count). The van der Waals surface area contributed by atoms with Crippen LogP contribution >= 0.6 is 0 Å². The van der Waals surface area contributed by atoms with Gasteiger partial charge >= 0.3 is 12.3 Å². The van der Waals surface area contributed by atoms with Crippen LogP contribution in [0.1, 0.15) is 37.8 Å². The monoisotopic (exact) mass is 410 g/mol. The highest BCUT2D eigenvalue weighted by molar-refractivity contribution is 6.13. The third-order valence-electron chi connectivity index (χ3n) is 4.84. The van der Waals surface area contributed by atoms with Crippen molar-refractivity contribution >= 4 is 33.9 Å². The Kier molecular flexibility index (Phi) is 6.77. The summed E-state index contributed by atoms with van der Waals surface area (Å²) in [6.45, 7) is 8.28. The van der Waals surface area contributed by atoms with Gasteiger partial charge in [0.2, 0.25) is 0 Å². The number of fused-ring (bicyclic) bond motifs is 2. The normalized spacial score (nSPS) is 10.8. The third-order valence-corrected chi connectivity index (χ3v) is 4.84. The van der Waals surface area contributed by atoms with Gasteiger partial charge in [0.05, 0.1) is 13.2 Å². The average Bonchev–Trinajstić information content (AvgIpc) is 2.75. The van der Waals surface area contributed by atoms with E-state index in [1.54, 1.807) is 0 Å². The summed E-state index contributed by atoms with van der Waals surface area (Å²) in [6, 6.07) is 11.1.